The van der Waals surface area contributed by atoms with Gasteiger partial charge in [0.15, 0.2) is 0 Å². The van der Waals surface area contributed by atoms with Crippen molar-refractivity contribution in [2.45, 2.75) is 45.6 Å². The number of nitrogens with zero attached hydrogens (tertiary/aromatic N) is 2. The Labute approximate surface area is 180 Å². The number of para-hydroxylation sites is 1. The lowest BCUT2D eigenvalue weighted by Gasteiger charge is -2.39. The summed E-state index contributed by atoms with van der Waals surface area (Å²) in [6, 6.07) is 18.7. The molecular formula is C25H25BrN2O. The minimum Gasteiger partial charge on any atom is -0.337 e. The number of unbranched alkanes of at least 4 members (excludes halogenated alkanes) is 1. The van der Waals surface area contributed by atoms with E-state index in [1.54, 1.807) is 6.92 Å². The van der Waals surface area contributed by atoms with Gasteiger partial charge >= 0.3 is 0 Å². The fraction of sp³-hybridized carbons (Fsp3) is 0.280. The Kier molecular flexibility index (Phi) is 5.81. The van der Waals surface area contributed by atoms with Crippen molar-refractivity contribution in [3.8, 4) is 0 Å². The molecule has 1 unspecified atom stereocenters. The number of anilines is 1. The molecule has 0 fully saturated rings. The van der Waals surface area contributed by atoms with Gasteiger partial charge < -0.3 is 4.90 Å². The topological polar surface area (TPSA) is 33.2 Å². The van der Waals surface area contributed by atoms with E-state index in [0.29, 0.717) is 6.42 Å². The van der Waals surface area contributed by atoms with E-state index >= 15 is 0 Å². The number of pyridine rings is 1. The molecule has 0 bridgehead atoms. The maximum absolute atomic E-state index is 12.3. The summed E-state index contributed by atoms with van der Waals surface area (Å²) >= 11 is 3.54. The van der Waals surface area contributed by atoms with Gasteiger partial charge in [0.05, 0.1) is 17.3 Å². The molecule has 3 nitrogen and oxygen atoms in total. The molecule has 0 spiro atoms. The van der Waals surface area contributed by atoms with Crippen LogP contribution in [0, 0.1) is 0 Å². The third-order valence-corrected chi connectivity index (χ3v) is 5.97. The molecule has 148 valence electrons. The van der Waals surface area contributed by atoms with Gasteiger partial charge in [-0.05, 0) is 62.2 Å². The van der Waals surface area contributed by atoms with E-state index in [1.165, 1.54) is 5.70 Å². The number of carbonyl (C=O) groups excluding carboxylic acids is 1. The molecule has 4 heteroatoms. The average Bonchev–Trinajstić information content (AvgIpc) is 2.71. The molecule has 1 aliphatic rings. The summed E-state index contributed by atoms with van der Waals surface area (Å²) in [5, 5.41) is 1.11. The number of rotatable bonds is 6. The zero-order chi connectivity index (χ0) is 20.4. The van der Waals surface area contributed by atoms with Crippen LogP contribution in [0.25, 0.3) is 17.0 Å². The second-order valence-electron chi connectivity index (χ2n) is 7.66. The zero-order valence-electron chi connectivity index (χ0n) is 16.9. The highest BCUT2D eigenvalue weighted by atomic mass is 79.9. The molecule has 0 saturated heterocycles. The quantitative estimate of drug-likeness (QED) is 0.404. The van der Waals surface area contributed by atoms with Gasteiger partial charge in [-0.15, -0.1) is 0 Å². The number of Topliss-reactive ketones (excluding diaryl/α,β-unsaturated/α-hetero) is 1. The Bertz CT molecular complexity index is 1070. The summed E-state index contributed by atoms with van der Waals surface area (Å²) in [4.78, 5) is 19.6. The van der Waals surface area contributed by atoms with E-state index in [1.807, 2.05) is 12.1 Å². The highest BCUT2D eigenvalue weighted by molar-refractivity contribution is 9.10. The summed E-state index contributed by atoms with van der Waals surface area (Å²) in [6.45, 7) is 3.89. The van der Waals surface area contributed by atoms with E-state index in [9.17, 15) is 4.79 Å². The van der Waals surface area contributed by atoms with Crippen LogP contribution >= 0.6 is 15.9 Å². The summed E-state index contributed by atoms with van der Waals surface area (Å²) in [5.41, 5.74) is 5.46. The Balaban J connectivity index is 1.91. The highest BCUT2D eigenvalue weighted by Crippen LogP contribution is 2.42. The van der Waals surface area contributed by atoms with Crippen molar-refractivity contribution < 1.29 is 4.79 Å². The minimum absolute atomic E-state index is 0.0439. The van der Waals surface area contributed by atoms with Crippen LogP contribution in [0.4, 0.5) is 5.69 Å². The fourth-order valence-corrected chi connectivity index (χ4v) is 4.33. The molecule has 0 radical (unpaired) electrons. The van der Waals surface area contributed by atoms with Gasteiger partial charge in [-0.25, -0.2) is 4.98 Å². The van der Waals surface area contributed by atoms with Crippen molar-refractivity contribution in [2.75, 3.05) is 4.90 Å². The second-order valence-corrected chi connectivity index (χ2v) is 8.58. The van der Waals surface area contributed by atoms with Crippen LogP contribution in [0.5, 0.6) is 0 Å². The Hall–Kier alpha value is -2.46. The van der Waals surface area contributed by atoms with Gasteiger partial charge in [0.1, 0.15) is 5.78 Å². The Morgan fingerprint density at radius 3 is 2.62 bits per heavy atom. The van der Waals surface area contributed by atoms with Crippen molar-refractivity contribution in [1.82, 2.24) is 4.98 Å². The third kappa shape index (κ3) is 4.13. The maximum Gasteiger partial charge on any atom is 0.132 e. The SMILES string of the molecule is CCCCC1=Cc2nc3ccccc3cc2C(CC(C)=O)N1c1ccc(Br)cc1. The Morgan fingerprint density at radius 2 is 1.90 bits per heavy atom. The van der Waals surface area contributed by atoms with Gasteiger partial charge in [0.2, 0.25) is 0 Å². The van der Waals surface area contributed by atoms with Gasteiger partial charge in [0.25, 0.3) is 0 Å². The summed E-state index contributed by atoms with van der Waals surface area (Å²) in [7, 11) is 0. The molecule has 1 atom stereocenters. The largest absolute Gasteiger partial charge is 0.337 e. The maximum atomic E-state index is 12.3. The molecule has 0 amide bonds. The standard InChI is InChI=1S/C25H25BrN2O/c1-3-4-8-21-16-24-22(15-18-7-5-6-9-23(18)27-24)25(14-17(2)29)28(21)20-12-10-19(26)11-13-20/h5-7,9-13,15-16,25H,3-4,8,14H2,1-2H3. The van der Waals surface area contributed by atoms with Crippen LogP contribution < -0.4 is 4.90 Å². The number of benzene rings is 2. The van der Waals surface area contributed by atoms with Gasteiger partial charge in [-0.3, -0.25) is 4.79 Å². The third-order valence-electron chi connectivity index (χ3n) is 5.44. The van der Waals surface area contributed by atoms with Crippen molar-refractivity contribution in [3.05, 3.63) is 76.0 Å². The summed E-state index contributed by atoms with van der Waals surface area (Å²) in [6.07, 6.45) is 5.88. The molecule has 0 N–H and O–H groups in total. The number of hydrogen-bond donors (Lipinski definition) is 0. The van der Waals surface area contributed by atoms with Crippen molar-refractivity contribution in [2.24, 2.45) is 0 Å². The molecule has 3 aromatic rings. The minimum atomic E-state index is -0.0439. The smallest absolute Gasteiger partial charge is 0.132 e. The number of allylic oxidation sites excluding steroid dienone is 1. The van der Waals surface area contributed by atoms with Crippen LogP contribution in [0.15, 0.2) is 64.8 Å². The monoisotopic (exact) mass is 448 g/mol. The zero-order valence-corrected chi connectivity index (χ0v) is 18.4. The summed E-state index contributed by atoms with van der Waals surface area (Å²) in [5.74, 6) is 0.188. The van der Waals surface area contributed by atoms with Crippen molar-refractivity contribution in [1.29, 1.82) is 0 Å². The van der Waals surface area contributed by atoms with Crippen LogP contribution in [0.1, 0.15) is 56.8 Å². The number of fused-ring (bicyclic) bond motifs is 2. The first-order valence-corrected chi connectivity index (χ1v) is 11.0. The molecule has 1 aliphatic heterocycles. The molecular weight excluding hydrogens is 424 g/mol. The van der Waals surface area contributed by atoms with Crippen molar-refractivity contribution in [3.63, 3.8) is 0 Å². The number of aromatic nitrogens is 1. The number of carbonyl (C=O) groups is 1. The lowest BCUT2D eigenvalue weighted by molar-refractivity contribution is -0.117. The molecule has 1 aromatic heterocycles. The number of halogens is 1. The normalized spacial score (nSPS) is 15.9. The average molecular weight is 449 g/mol. The molecule has 0 saturated carbocycles. The molecule has 29 heavy (non-hydrogen) atoms. The number of ketones is 1. The number of hydrogen-bond acceptors (Lipinski definition) is 3. The summed E-state index contributed by atoms with van der Waals surface area (Å²) < 4.78 is 1.05. The highest BCUT2D eigenvalue weighted by Gasteiger charge is 2.31. The first-order valence-electron chi connectivity index (χ1n) is 10.2. The fourth-order valence-electron chi connectivity index (χ4n) is 4.07. The predicted molar refractivity (Wildman–Crippen MR) is 124 cm³/mol. The van der Waals surface area contributed by atoms with Gasteiger partial charge in [0, 0.05) is 33.2 Å². The van der Waals surface area contributed by atoms with Gasteiger partial charge in [-0.2, -0.15) is 0 Å². The molecule has 0 aliphatic carbocycles. The Morgan fingerprint density at radius 1 is 1.14 bits per heavy atom. The predicted octanol–water partition coefficient (Wildman–Crippen LogP) is 7.07. The lowest BCUT2D eigenvalue weighted by Crippen LogP contribution is -2.33. The second kappa shape index (κ2) is 8.50. The molecule has 2 heterocycles. The first kappa shape index (κ1) is 19.8. The lowest BCUT2D eigenvalue weighted by atomic mass is 9.91. The molecule has 2 aromatic carbocycles. The molecule has 4 rings (SSSR count). The van der Waals surface area contributed by atoms with Crippen LogP contribution in [-0.4, -0.2) is 10.8 Å². The van der Waals surface area contributed by atoms with Crippen molar-refractivity contribution >= 4 is 44.4 Å². The van der Waals surface area contributed by atoms with E-state index < -0.39 is 0 Å². The van der Waals surface area contributed by atoms with Crippen LogP contribution in [-0.2, 0) is 4.79 Å². The first-order chi connectivity index (χ1) is 14.1. The van der Waals surface area contributed by atoms with Gasteiger partial charge in [-0.1, -0.05) is 47.5 Å². The van der Waals surface area contributed by atoms with E-state index in [0.717, 1.165) is 51.6 Å². The van der Waals surface area contributed by atoms with Crippen LogP contribution in [0.2, 0.25) is 0 Å². The van der Waals surface area contributed by atoms with E-state index in [4.69, 9.17) is 4.98 Å². The van der Waals surface area contributed by atoms with Crippen LogP contribution in [0.3, 0.4) is 0 Å². The van der Waals surface area contributed by atoms with E-state index in [2.05, 4.69) is 76.3 Å². The van der Waals surface area contributed by atoms with E-state index in [-0.39, 0.29) is 11.8 Å².